The van der Waals surface area contributed by atoms with Gasteiger partial charge in [0.15, 0.2) is 6.29 Å². The molecule has 0 spiro atoms. The van der Waals surface area contributed by atoms with E-state index >= 15 is 0 Å². The highest BCUT2D eigenvalue weighted by Gasteiger charge is 2.12. The van der Waals surface area contributed by atoms with E-state index in [4.69, 9.17) is 5.73 Å². The van der Waals surface area contributed by atoms with Crippen LogP contribution in [0.1, 0.15) is 21.6 Å². The fourth-order valence-electron chi connectivity index (χ4n) is 1.47. The van der Waals surface area contributed by atoms with E-state index in [2.05, 4.69) is 15.1 Å². The first-order chi connectivity index (χ1) is 8.13. The van der Waals surface area contributed by atoms with E-state index in [1.54, 1.807) is 6.92 Å². The van der Waals surface area contributed by atoms with E-state index in [0.29, 0.717) is 17.5 Å². The standard InChI is InChI=1S/C10H11N5O2/c1-6-9(17)8(4-16)7(2-12-6)3-15-10(11)13-5-14-15/h2,4-5,17H,3H2,1H3,(H2,11,13,14). The zero-order chi connectivity index (χ0) is 12.4. The summed E-state index contributed by atoms with van der Waals surface area (Å²) in [6.45, 7) is 1.86. The Morgan fingerprint density at radius 3 is 2.88 bits per heavy atom. The predicted molar refractivity (Wildman–Crippen MR) is 59.6 cm³/mol. The summed E-state index contributed by atoms with van der Waals surface area (Å²) in [7, 11) is 0. The summed E-state index contributed by atoms with van der Waals surface area (Å²) >= 11 is 0. The Kier molecular flexibility index (Phi) is 2.73. The van der Waals surface area contributed by atoms with Crippen LogP contribution in [0.15, 0.2) is 12.5 Å². The van der Waals surface area contributed by atoms with E-state index in [0.717, 1.165) is 0 Å². The number of aromatic hydroxyl groups is 1. The fourth-order valence-corrected chi connectivity index (χ4v) is 1.47. The van der Waals surface area contributed by atoms with Crippen molar-refractivity contribution in [2.75, 3.05) is 5.73 Å². The van der Waals surface area contributed by atoms with Gasteiger partial charge in [-0.25, -0.2) is 9.67 Å². The number of nitrogens with two attached hydrogens (primary N) is 1. The minimum atomic E-state index is -0.115. The molecule has 0 aliphatic carbocycles. The molecule has 3 N–H and O–H groups in total. The molecule has 0 bridgehead atoms. The Labute approximate surface area is 96.9 Å². The molecule has 0 aliphatic heterocycles. The molecule has 0 saturated heterocycles. The second-order valence-electron chi connectivity index (χ2n) is 3.52. The van der Waals surface area contributed by atoms with Crippen LogP contribution < -0.4 is 5.73 Å². The topological polar surface area (TPSA) is 107 Å². The fraction of sp³-hybridized carbons (Fsp3) is 0.200. The molecule has 2 rings (SSSR count). The van der Waals surface area contributed by atoms with Crippen LogP contribution in [0.4, 0.5) is 5.95 Å². The molecule has 0 radical (unpaired) electrons. The molecule has 17 heavy (non-hydrogen) atoms. The third-order valence-corrected chi connectivity index (χ3v) is 2.44. The van der Waals surface area contributed by atoms with E-state index in [9.17, 15) is 9.90 Å². The maximum absolute atomic E-state index is 10.9. The highest BCUT2D eigenvalue weighted by atomic mass is 16.3. The number of aryl methyl sites for hydroxylation is 1. The Morgan fingerprint density at radius 2 is 2.29 bits per heavy atom. The van der Waals surface area contributed by atoms with Gasteiger partial charge in [-0.2, -0.15) is 5.10 Å². The van der Waals surface area contributed by atoms with Gasteiger partial charge >= 0.3 is 0 Å². The molecule has 2 aromatic heterocycles. The van der Waals surface area contributed by atoms with Gasteiger partial charge in [0.2, 0.25) is 5.95 Å². The summed E-state index contributed by atoms with van der Waals surface area (Å²) in [5.74, 6) is 0.123. The Balaban J connectivity index is 2.43. The molecule has 0 aromatic carbocycles. The Bertz CT molecular complexity index is 564. The van der Waals surface area contributed by atoms with Crippen molar-refractivity contribution in [2.24, 2.45) is 0 Å². The second kappa shape index (κ2) is 4.20. The van der Waals surface area contributed by atoms with Crippen LogP contribution in [-0.2, 0) is 6.54 Å². The summed E-state index contributed by atoms with van der Waals surface area (Å²) in [5, 5.41) is 13.6. The minimum absolute atomic E-state index is 0.115. The molecule has 7 heteroatoms. The van der Waals surface area contributed by atoms with Gasteiger partial charge in [-0.3, -0.25) is 9.78 Å². The van der Waals surface area contributed by atoms with Crippen molar-refractivity contribution in [2.45, 2.75) is 13.5 Å². The number of aldehydes is 1. The SMILES string of the molecule is Cc1ncc(Cn2ncnc2N)c(C=O)c1O. The molecule has 0 unspecified atom stereocenters. The highest BCUT2D eigenvalue weighted by molar-refractivity contribution is 5.81. The molecular formula is C10H11N5O2. The average Bonchev–Trinajstić information content (AvgIpc) is 2.70. The van der Waals surface area contributed by atoms with Crippen LogP contribution in [0.2, 0.25) is 0 Å². The molecule has 0 amide bonds. The van der Waals surface area contributed by atoms with E-state index < -0.39 is 0 Å². The number of rotatable bonds is 3. The van der Waals surface area contributed by atoms with Gasteiger partial charge in [-0.05, 0) is 6.92 Å². The van der Waals surface area contributed by atoms with Crippen LogP contribution in [0, 0.1) is 6.92 Å². The average molecular weight is 233 g/mol. The van der Waals surface area contributed by atoms with E-state index in [1.807, 2.05) is 0 Å². The number of anilines is 1. The lowest BCUT2D eigenvalue weighted by molar-refractivity contribution is 0.111. The van der Waals surface area contributed by atoms with Gasteiger partial charge in [-0.1, -0.05) is 0 Å². The number of hydrogen-bond acceptors (Lipinski definition) is 6. The Morgan fingerprint density at radius 1 is 1.53 bits per heavy atom. The predicted octanol–water partition coefficient (Wildman–Crippen LogP) is 0.130. The maximum Gasteiger partial charge on any atom is 0.218 e. The van der Waals surface area contributed by atoms with Crippen LogP contribution in [-0.4, -0.2) is 31.1 Å². The van der Waals surface area contributed by atoms with Gasteiger partial charge in [0.25, 0.3) is 0 Å². The zero-order valence-electron chi connectivity index (χ0n) is 9.16. The first-order valence-electron chi connectivity index (χ1n) is 4.89. The van der Waals surface area contributed by atoms with E-state index in [1.165, 1.54) is 17.2 Å². The monoisotopic (exact) mass is 233 g/mol. The molecule has 0 fully saturated rings. The first kappa shape index (κ1) is 11.1. The summed E-state index contributed by atoms with van der Waals surface area (Å²) in [4.78, 5) is 18.7. The number of pyridine rings is 1. The second-order valence-corrected chi connectivity index (χ2v) is 3.52. The van der Waals surface area contributed by atoms with Crippen molar-refractivity contribution in [3.63, 3.8) is 0 Å². The molecular weight excluding hydrogens is 222 g/mol. The summed E-state index contributed by atoms with van der Waals surface area (Å²) in [5.41, 5.74) is 6.71. The number of aromatic nitrogens is 4. The van der Waals surface area contributed by atoms with Crippen molar-refractivity contribution in [1.82, 2.24) is 19.7 Å². The van der Waals surface area contributed by atoms with Crippen molar-refractivity contribution >= 4 is 12.2 Å². The van der Waals surface area contributed by atoms with Crippen LogP contribution in [0.25, 0.3) is 0 Å². The number of carbonyl (C=O) groups excluding carboxylic acids is 1. The minimum Gasteiger partial charge on any atom is -0.505 e. The van der Waals surface area contributed by atoms with Gasteiger partial charge in [0, 0.05) is 11.8 Å². The number of nitrogens with zero attached hydrogens (tertiary/aromatic N) is 4. The summed E-state index contributed by atoms with van der Waals surface area (Å²) in [6, 6.07) is 0. The van der Waals surface area contributed by atoms with Gasteiger partial charge in [0.05, 0.1) is 17.8 Å². The third kappa shape index (κ3) is 1.94. The van der Waals surface area contributed by atoms with Crippen LogP contribution in [0.5, 0.6) is 5.75 Å². The number of hydrogen-bond donors (Lipinski definition) is 2. The molecule has 0 atom stereocenters. The van der Waals surface area contributed by atoms with E-state index in [-0.39, 0.29) is 23.8 Å². The third-order valence-electron chi connectivity index (χ3n) is 2.44. The first-order valence-corrected chi connectivity index (χ1v) is 4.89. The van der Waals surface area contributed by atoms with Crippen molar-refractivity contribution in [3.05, 3.63) is 29.3 Å². The molecule has 2 aromatic rings. The van der Waals surface area contributed by atoms with Crippen LogP contribution in [0.3, 0.4) is 0 Å². The van der Waals surface area contributed by atoms with Crippen molar-refractivity contribution in [3.8, 4) is 5.75 Å². The molecule has 2 heterocycles. The normalized spacial score (nSPS) is 10.4. The van der Waals surface area contributed by atoms with Crippen LogP contribution >= 0.6 is 0 Å². The van der Waals surface area contributed by atoms with Gasteiger partial charge < -0.3 is 10.8 Å². The number of nitrogen functional groups attached to an aromatic ring is 1. The number of carbonyl (C=O) groups is 1. The molecule has 0 saturated carbocycles. The van der Waals surface area contributed by atoms with Gasteiger partial charge in [-0.15, -0.1) is 0 Å². The smallest absolute Gasteiger partial charge is 0.218 e. The maximum atomic E-state index is 10.9. The molecule has 88 valence electrons. The zero-order valence-corrected chi connectivity index (χ0v) is 9.16. The van der Waals surface area contributed by atoms with Crippen molar-refractivity contribution in [1.29, 1.82) is 0 Å². The lowest BCUT2D eigenvalue weighted by Crippen LogP contribution is -2.09. The molecule has 7 nitrogen and oxygen atoms in total. The summed E-state index contributed by atoms with van der Waals surface area (Å²) < 4.78 is 1.42. The summed E-state index contributed by atoms with van der Waals surface area (Å²) in [6.07, 6.45) is 3.42. The van der Waals surface area contributed by atoms with Gasteiger partial charge in [0.1, 0.15) is 12.1 Å². The molecule has 0 aliphatic rings. The largest absolute Gasteiger partial charge is 0.505 e. The van der Waals surface area contributed by atoms with Crippen molar-refractivity contribution < 1.29 is 9.90 Å². The Hall–Kier alpha value is -2.44. The lowest BCUT2D eigenvalue weighted by atomic mass is 10.1. The lowest BCUT2D eigenvalue weighted by Gasteiger charge is -2.08. The highest BCUT2D eigenvalue weighted by Crippen LogP contribution is 2.22. The quantitative estimate of drug-likeness (QED) is 0.730.